The number of Topliss-reactive ketones (excluding diaryl/α,β-unsaturated/α-hetero) is 1. The molecular formula is C26H34O3. The average Bonchev–Trinajstić information content (AvgIpc) is 2.77. The standard InChI is InChI=1S/C26H34O3/c1-2-3-4-5-6-7-8-9-13-16-26(28)29-21-25(27)24-19-17-23(18-20-24)22-14-11-10-12-15-22/h10-12,14-15,17-20H,2-9,13,16,21H2,1H3. The number of esters is 1. The lowest BCUT2D eigenvalue weighted by Gasteiger charge is -2.06. The Hall–Kier alpha value is -2.42. The number of hydrogen-bond acceptors (Lipinski definition) is 3. The fourth-order valence-corrected chi connectivity index (χ4v) is 3.36. The fourth-order valence-electron chi connectivity index (χ4n) is 3.36. The summed E-state index contributed by atoms with van der Waals surface area (Å²) >= 11 is 0. The Labute approximate surface area is 175 Å². The molecule has 0 aromatic heterocycles. The molecule has 3 heteroatoms. The molecule has 0 amide bonds. The largest absolute Gasteiger partial charge is 0.457 e. The number of carbonyl (C=O) groups is 2. The Morgan fingerprint density at radius 1 is 0.690 bits per heavy atom. The van der Waals surface area contributed by atoms with Gasteiger partial charge in [-0.1, -0.05) is 113 Å². The van der Waals surface area contributed by atoms with Gasteiger partial charge in [-0.15, -0.1) is 0 Å². The van der Waals surface area contributed by atoms with E-state index in [0.29, 0.717) is 12.0 Å². The maximum absolute atomic E-state index is 12.2. The van der Waals surface area contributed by atoms with E-state index in [1.165, 1.54) is 44.9 Å². The molecule has 0 unspecified atom stereocenters. The molecule has 0 radical (unpaired) electrons. The maximum atomic E-state index is 12.2. The monoisotopic (exact) mass is 394 g/mol. The van der Waals surface area contributed by atoms with E-state index in [4.69, 9.17) is 4.74 Å². The van der Waals surface area contributed by atoms with Gasteiger partial charge in [0.25, 0.3) is 0 Å². The lowest BCUT2D eigenvalue weighted by atomic mass is 10.0. The molecule has 0 heterocycles. The van der Waals surface area contributed by atoms with Crippen molar-refractivity contribution < 1.29 is 14.3 Å². The number of ketones is 1. The molecule has 0 N–H and O–H groups in total. The minimum Gasteiger partial charge on any atom is -0.457 e. The third-order valence-corrected chi connectivity index (χ3v) is 5.16. The van der Waals surface area contributed by atoms with Gasteiger partial charge in [0.05, 0.1) is 0 Å². The third kappa shape index (κ3) is 9.08. The highest BCUT2D eigenvalue weighted by molar-refractivity contribution is 5.98. The Morgan fingerprint density at radius 3 is 1.86 bits per heavy atom. The topological polar surface area (TPSA) is 43.4 Å². The second kappa shape index (κ2) is 13.7. The van der Waals surface area contributed by atoms with Crippen molar-refractivity contribution in [2.45, 2.75) is 71.1 Å². The molecule has 0 atom stereocenters. The van der Waals surface area contributed by atoms with E-state index in [0.717, 1.165) is 24.0 Å². The second-order valence-corrected chi connectivity index (χ2v) is 7.61. The summed E-state index contributed by atoms with van der Waals surface area (Å²) in [5.74, 6) is -0.438. The molecule has 156 valence electrons. The molecule has 2 aromatic carbocycles. The van der Waals surface area contributed by atoms with Crippen molar-refractivity contribution in [2.75, 3.05) is 6.61 Å². The molecule has 0 aliphatic heterocycles. The lowest BCUT2D eigenvalue weighted by Crippen LogP contribution is -2.13. The van der Waals surface area contributed by atoms with E-state index in [1.807, 2.05) is 42.5 Å². The van der Waals surface area contributed by atoms with Crippen LogP contribution in [-0.4, -0.2) is 18.4 Å². The van der Waals surface area contributed by atoms with Crippen molar-refractivity contribution in [3.05, 3.63) is 60.2 Å². The van der Waals surface area contributed by atoms with Crippen LogP contribution in [0.15, 0.2) is 54.6 Å². The SMILES string of the molecule is CCCCCCCCCCCC(=O)OCC(=O)c1ccc(-c2ccccc2)cc1. The van der Waals surface area contributed by atoms with E-state index in [2.05, 4.69) is 6.92 Å². The number of carbonyl (C=O) groups excluding carboxylic acids is 2. The third-order valence-electron chi connectivity index (χ3n) is 5.16. The Kier molecular flexibility index (Phi) is 10.8. The van der Waals surface area contributed by atoms with Crippen molar-refractivity contribution in [1.82, 2.24) is 0 Å². The van der Waals surface area contributed by atoms with Gasteiger partial charge in [-0.05, 0) is 17.5 Å². The predicted molar refractivity (Wildman–Crippen MR) is 119 cm³/mol. The first-order chi connectivity index (χ1) is 14.2. The zero-order valence-corrected chi connectivity index (χ0v) is 17.7. The van der Waals surface area contributed by atoms with Crippen molar-refractivity contribution >= 4 is 11.8 Å². The number of rotatable bonds is 14. The van der Waals surface area contributed by atoms with Gasteiger partial charge in [-0.2, -0.15) is 0 Å². The molecule has 0 bridgehead atoms. The summed E-state index contributed by atoms with van der Waals surface area (Å²) in [6.45, 7) is 2.05. The summed E-state index contributed by atoms with van der Waals surface area (Å²) in [6.07, 6.45) is 11.3. The summed E-state index contributed by atoms with van der Waals surface area (Å²) in [4.78, 5) is 24.1. The van der Waals surface area contributed by atoms with Gasteiger partial charge in [0.1, 0.15) is 0 Å². The van der Waals surface area contributed by atoms with Gasteiger partial charge in [0.2, 0.25) is 0 Å². The van der Waals surface area contributed by atoms with Gasteiger partial charge < -0.3 is 4.74 Å². The molecule has 0 aliphatic rings. The molecule has 0 saturated heterocycles. The molecule has 0 fully saturated rings. The number of hydrogen-bond donors (Lipinski definition) is 0. The van der Waals surface area contributed by atoms with Crippen LogP contribution in [0.2, 0.25) is 0 Å². The number of benzene rings is 2. The first kappa shape index (κ1) is 22.9. The van der Waals surface area contributed by atoms with Crippen LogP contribution in [0.25, 0.3) is 11.1 Å². The summed E-state index contributed by atoms with van der Waals surface area (Å²) in [5.41, 5.74) is 2.74. The zero-order valence-electron chi connectivity index (χ0n) is 17.7. The molecule has 0 aliphatic carbocycles. The minimum atomic E-state index is -0.276. The average molecular weight is 395 g/mol. The first-order valence-electron chi connectivity index (χ1n) is 11.0. The number of unbranched alkanes of at least 4 members (excludes halogenated alkanes) is 8. The minimum absolute atomic E-state index is 0.162. The molecule has 0 saturated carbocycles. The number of ether oxygens (including phenoxy) is 1. The summed E-state index contributed by atoms with van der Waals surface area (Å²) in [7, 11) is 0. The van der Waals surface area contributed by atoms with Gasteiger partial charge in [-0.3, -0.25) is 9.59 Å². The van der Waals surface area contributed by atoms with E-state index >= 15 is 0 Å². The van der Waals surface area contributed by atoms with Crippen LogP contribution in [-0.2, 0) is 9.53 Å². The maximum Gasteiger partial charge on any atom is 0.306 e. The Morgan fingerprint density at radius 2 is 1.24 bits per heavy atom. The molecule has 29 heavy (non-hydrogen) atoms. The van der Waals surface area contributed by atoms with Crippen LogP contribution in [0.3, 0.4) is 0 Å². The van der Waals surface area contributed by atoms with Crippen molar-refractivity contribution in [1.29, 1.82) is 0 Å². The normalized spacial score (nSPS) is 10.7. The lowest BCUT2D eigenvalue weighted by molar-refractivity contribution is -0.142. The molecule has 2 aromatic rings. The fraction of sp³-hybridized carbons (Fsp3) is 0.462. The molecular weight excluding hydrogens is 360 g/mol. The highest BCUT2D eigenvalue weighted by atomic mass is 16.5. The molecule has 3 nitrogen and oxygen atoms in total. The summed E-state index contributed by atoms with van der Waals surface area (Å²) in [6, 6.07) is 17.4. The highest BCUT2D eigenvalue weighted by Gasteiger charge is 2.10. The van der Waals surface area contributed by atoms with Crippen LogP contribution in [0.1, 0.15) is 81.5 Å². The van der Waals surface area contributed by atoms with E-state index in [1.54, 1.807) is 12.1 Å². The van der Waals surface area contributed by atoms with Gasteiger partial charge in [0, 0.05) is 12.0 Å². The van der Waals surface area contributed by atoms with Crippen LogP contribution in [0, 0.1) is 0 Å². The highest BCUT2D eigenvalue weighted by Crippen LogP contribution is 2.19. The van der Waals surface area contributed by atoms with E-state index < -0.39 is 0 Å². The van der Waals surface area contributed by atoms with Crippen molar-refractivity contribution in [3.63, 3.8) is 0 Å². The van der Waals surface area contributed by atoms with E-state index in [9.17, 15) is 9.59 Å². The summed E-state index contributed by atoms with van der Waals surface area (Å²) in [5, 5.41) is 0. The molecule has 2 rings (SSSR count). The smallest absolute Gasteiger partial charge is 0.306 e. The van der Waals surface area contributed by atoms with Crippen molar-refractivity contribution in [2.24, 2.45) is 0 Å². The first-order valence-corrected chi connectivity index (χ1v) is 11.0. The second-order valence-electron chi connectivity index (χ2n) is 7.61. The van der Waals surface area contributed by atoms with Crippen LogP contribution < -0.4 is 0 Å². The van der Waals surface area contributed by atoms with Crippen LogP contribution in [0.5, 0.6) is 0 Å². The van der Waals surface area contributed by atoms with Gasteiger partial charge >= 0.3 is 5.97 Å². The Bertz CT molecular complexity index is 719. The van der Waals surface area contributed by atoms with E-state index in [-0.39, 0.29) is 18.4 Å². The van der Waals surface area contributed by atoms with Crippen molar-refractivity contribution in [3.8, 4) is 11.1 Å². The van der Waals surface area contributed by atoms with Crippen LogP contribution >= 0.6 is 0 Å². The predicted octanol–water partition coefficient (Wildman–Crippen LogP) is 7.00. The molecule has 0 spiro atoms. The Balaban J connectivity index is 1.59. The quantitative estimate of drug-likeness (QED) is 0.197. The van der Waals surface area contributed by atoms with Gasteiger partial charge in [0.15, 0.2) is 12.4 Å². The van der Waals surface area contributed by atoms with Gasteiger partial charge in [-0.25, -0.2) is 0 Å². The summed E-state index contributed by atoms with van der Waals surface area (Å²) < 4.78 is 5.16. The zero-order chi connectivity index (χ0) is 20.7. The van der Waals surface area contributed by atoms with Crippen LogP contribution in [0.4, 0.5) is 0 Å².